The van der Waals surface area contributed by atoms with Crippen LogP contribution in [0.15, 0.2) is 15.1 Å². The highest BCUT2D eigenvalue weighted by Gasteiger charge is 1.80. The first-order valence-electron chi connectivity index (χ1n) is 1.83. The molecule has 0 aliphatic carbocycles. The molecule has 0 saturated carbocycles. The first kappa shape index (κ1) is 5.17. The Balaban J connectivity index is 3.50. The van der Waals surface area contributed by atoms with Crippen LogP contribution in [0.1, 0.15) is 0 Å². The van der Waals surface area contributed by atoms with Crippen LogP contribution in [-0.4, -0.2) is 9.97 Å². The third kappa shape index (κ3) is 1.00. The molecular weight excluding hydrogens is 128 g/mol. The van der Waals surface area contributed by atoms with E-state index in [0.717, 1.165) is 11.3 Å². The second-order valence-electron chi connectivity index (χ2n) is 1.07. The van der Waals surface area contributed by atoms with Crippen molar-refractivity contribution < 1.29 is 0 Å². The van der Waals surface area contributed by atoms with E-state index in [1.807, 2.05) is 4.98 Å². The number of hydrogen-bond acceptors (Lipinski definition) is 4. The SMILES string of the molecule is O=c1ncsc(=O)[nH]1. The fourth-order valence-electron chi connectivity index (χ4n) is 0.271. The normalized spacial score (nSPS) is 9.00. The molecule has 0 radical (unpaired) electrons. The molecule has 5 heteroatoms. The van der Waals surface area contributed by atoms with E-state index in [1.165, 1.54) is 5.51 Å². The van der Waals surface area contributed by atoms with E-state index in [0.29, 0.717) is 0 Å². The molecule has 42 valence electrons. The van der Waals surface area contributed by atoms with Crippen molar-refractivity contribution in [3.05, 3.63) is 25.7 Å². The summed E-state index contributed by atoms with van der Waals surface area (Å²) in [6, 6.07) is 0. The Hall–Kier alpha value is -0.970. The number of H-pyrrole nitrogens is 1. The van der Waals surface area contributed by atoms with Crippen LogP contribution in [0.4, 0.5) is 0 Å². The Morgan fingerprint density at radius 3 is 2.75 bits per heavy atom. The molecule has 1 heterocycles. The maximum Gasteiger partial charge on any atom is 0.349 e. The molecule has 0 amide bonds. The lowest BCUT2D eigenvalue weighted by molar-refractivity contribution is 1.09. The van der Waals surface area contributed by atoms with Gasteiger partial charge in [0.15, 0.2) is 0 Å². The van der Waals surface area contributed by atoms with Crippen molar-refractivity contribution in [2.45, 2.75) is 0 Å². The topological polar surface area (TPSA) is 62.8 Å². The van der Waals surface area contributed by atoms with Crippen molar-refractivity contribution in [3.8, 4) is 0 Å². The van der Waals surface area contributed by atoms with E-state index >= 15 is 0 Å². The second-order valence-corrected chi connectivity index (χ2v) is 1.89. The van der Waals surface area contributed by atoms with E-state index < -0.39 is 5.69 Å². The maximum absolute atomic E-state index is 10.2. The summed E-state index contributed by atoms with van der Waals surface area (Å²) < 4.78 is 0. The molecule has 0 aromatic carbocycles. The zero-order valence-electron chi connectivity index (χ0n) is 3.75. The third-order valence-electron chi connectivity index (χ3n) is 0.539. The van der Waals surface area contributed by atoms with E-state index in [9.17, 15) is 9.59 Å². The van der Waals surface area contributed by atoms with Crippen molar-refractivity contribution in [1.29, 1.82) is 0 Å². The summed E-state index contributed by atoms with van der Waals surface area (Å²) >= 11 is 0.859. The monoisotopic (exact) mass is 130 g/mol. The van der Waals surface area contributed by atoms with E-state index in [4.69, 9.17) is 0 Å². The fraction of sp³-hybridized carbons (Fsp3) is 0. The van der Waals surface area contributed by atoms with Crippen LogP contribution in [0, 0.1) is 0 Å². The molecule has 0 atom stereocenters. The molecule has 1 N–H and O–H groups in total. The van der Waals surface area contributed by atoms with Gasteiger partial charge in [0.2, 0.25) is 0 Å². The van der Waals surface area contributed by atoms with Crippen molar-refractivity contribution >= 4 is 11.3 Å². The van der Waals surface area contributed by atoms with Gasteiger partial charge in [0, 0.05) is 0 Å². The number of nitrogens with zero attached hydrogens (tertiary/aromatic N) is 1. The third-order valence-corrected chi connectivity index (χ3v) is 1.07. The molecule has 0 spiro atoms. The molecule has 1 rings (SSSR count). The molecule has 0 fully saturated rings. The Kier molecular flexibility index (Phi) is 1.21. The van der Waals surface area contributed by atoms with Crippen LogP contribution in [0.3, 0.4) is 0 Å². The zero-order valence-corrected chi connectivity index (χ0v) is 4.57. The van der Waals surface area contributed by atoms with Crippen LogP contribution in [-0.2, 0) is 0 Å². The zero-order chi connectivity index (χ0) is 5.98. The minimum Gasteiger partial charge on any atom is -0.264 e. The average molecular weight is 130 g/mol. The lowest BCUT2D eigenvalue weighted by Crippen LogP contribution is -2.17. The largest absolute Gasteiger partial charge is 0.349 e. The lowest BCUT2D eigenvalue weighted by atomic mass is 11.2. The minimum atomic E-state index is -0.589. The molecule has 8 heavy (non-hydrogen) atoms. The molecule has 1 aromatic heterocycles. The quantitative estimate of drug-likeness (QED) is 0.499. The molecule has 0 unspecified atom stereocenters. The van der Waals surface area contributed by atoms with Crippen LogP contribution < -0.4 is 10.6 Å². The first-order chi connectivity index (χ1) is 3.79. The van der Waals surface area contributed by atoms with Crippen molar-refractivity contribution in [3.63, 3.8) is 0 Å². The predicted molar refractivity (Wildman–Crippen MR) is 29.0 cm³/mol. The summed E-state index contributed by atoms with van der Waals surface area (Å²) in [4.78, 5) is 25.2. The Morgan fingerprint density at radius 2 is 2.38 bits per heavy atom. The molecule has 0 saturated heterocycles. The highest BCUT2D eigenvalue weighted by molar-refractivity contribution is 7.06. The number of aromatic amines is 1. The first-order valence-corrected chi connectivity index (χ1v) is 2.71. The van der Waals surface area contributed by atoms with E-state index in [-0.39, 0.29) is 4.87 Å². The van der Waals surface area contributed by atoms with Crippen LogP contribution >= 0.6 is 11.3 Å². The Bertz CT molecular complexity index is 250. The number of rotatable bonds is 0. The fourth-order valence-corrected chi connectivity index (χ4v) is 0.662. The van der Waals surface area contributed by atoms with Crippen LogP contribution in [0.2, 0.25) is 0 Å². The van der Waals surface area contributed by atoms with Gasteiger partial charge in [-0.25, -0.2) is 4.79 Å². The molecule has 0 aliphatic heterocycles. The molecule has 1 aromatic rings. The Labute approximate surface area is 47.8 Å². The summed E-state index contributed by atoms with van der Waals surface area (Å²) in [5.74, 6) is 0. The maximum atomic E-state index is 10.2. The van der Waals surface area contributed by atoms with Gasteiger partial charge in [0.1, 0.15) is 0 Å². The molecule has 0 aliphatic rings. The van der Waals surface area contributed by atoms with Gasteiger partial charge >= 0.3 is 10.6 Å². The summed E-state index contributed by atoms with van der Waals surface area (Å²) in [6.07, 6.45) is 0. The van der Waals surface area contributed by atoms with Crippen LogP contribution in [0.5, 0.6) is 0 Å². The highest BCUT2D eigenvalue weighted by Crippen LogP contribution is 1.67. The standard InChI is InChI=1S/C3H2N2O2S/c6-2-4-1-8-3(7)5-2/h1H,(H,5,6,7). The van der Waals surface area contributed by atoms with E-state index in [1.54, 1.807) is 0 Å². The smallest absolute Gasteiger partial charge is 0.264 e. The highest BCUT2D eigenvalue weighted by atomic mass is 32.1. The Morgan fingerprint density at radius 1 is 1.62 bits per heavy atom. The van der Waals surface area contributed by atoms with Crippen molar-refractivity contribution in [2.75, 3.05) is 0 Å². The van der Waals surface area contributed by atoms with Gasteiger partial charge in [-0.05, 0) is 0 Å². The summed E-state index contributed by atoms with van der Waals surface area (Å²) in [5, 5.41) is 0. The number of nitrogens with one attached hydrogen (secondary N) is 1. The van der Waals surface area contributed by atoms with Crippen molar-refractivity contribution in [2.24, 2.45) is 0 Å². The minimum absolute atomic E-state index is 0.370. The lowest BCUT2D eigenvalue weighted by Gasteiger charge is -1.71. The van der Waals surface area contributed by atoms with Gasteiger partial charge in [-0.1, -0.05) is 11.3 Å². The van der Waals surface area contributed by atoms with Crippen LogP contribution in [0.25, 0.3) is 0 Å². The van der Waals surface area contributed by atoms with Gasteiger partial charge in [0.25, 0.3) is 0 Å². The van der Waals surface area contributed by atoms with Crippen molar-refractivity contribution in [1.82, 2.24) is 9.97 Å². The molecule has 4 nitrogen and oxygen atoms in total. The molecular formula is C3H2N2O2S. The molecule has 0 bridgehead atoms. The number of aromatic nitrogens is 2. The van der Waals surface area contributed by atoms with Gasteiger partial charge in [-0.2, -0.15) is 4.98 Å². The van der Waals surface area contributed by atoms with E-state index in [2.05, 4.69) is 4.98 Å². The predicted octanol–water partition coefficient (Wildman–Crippen LogP) is -0.808. The van der Waals surface area contributed by atoms with Gasteiger partial charge in [-0.3, -0.25) is 9.78 Å². The second kappa shape index (κ2) is 1.87. The van der Waals surface area contributed by atoms with Gasteiger partial charge < -0.3 is 0 Å². The average Bonchev–Trinajstić information content (AvgIpc) is 1.64. The summed E-state index contributed by atoms with van der Waals surface area (Å²) in [5.41, 5.74) is 0.620. The summed E-state index contributed by atoms with van der Waals surface area (Å²) in [6.45, 7) is 0. The summed E-state index contributed by atoms with van der Waals surface area (Å²) in [7, 11) is 0. The van der Waals surface area contributed by atoms with Gasteiger partial charge in [0.05, 0.1) is 5.51 Å². The van der Waals surface area contributed by atoms with Gasteiger partial charge in [-0.15, -0.1) is 0 Å². The number of hydrogen-bond donors (Lipinski definition) is 1.